The number of carbonyl (C=O) groups is 1. The molecule has 0 spiro atoms. The van der Waals surface area contributed by atoms with Crippen molar-refractivity contribution in [2.24, 2.45) is 5.73 Å². The first-order chi connectivity index (χ1) is 8.88. The quantitative estimate of drug-likeness (QED) is 0.650. The summed E-state index contributed by atoms with van der Waals surface area (Å²) in [5.74, 6) is -0.735. The summed E-state index contributed by atoms with van der Waals surface area (Å²) >= 11 is 0. The smallest absolute Gasteiger partial charge is 0.226 e. The van der Waals surface area contributed by atoms with Crippen molar-refractivity contribution < 1.29 is 32.2 Å². The van der Waals surface area contributed by atoms with Crippen molar-refractivity contribution >= 4 is 5.91 Å². The van der Waals surface area contributed by atoms with Crippen LogP contribution in [0.2, 0.25) is 0 Å². The first-order valence-corrected chi connectivity index (χ1v) is 5.40. The summed E-state index contributed by atoms with van der Waals surface area (Å²) in [6.45, 7) is 0. The zero-order valence-corrected chi connectivity index (χ0v) is 11.0. The number of nitrogens with two attached hydrogens (primary N) is 1. The number of hydrogen-bond acceptors (Lipinski definition) is 4. The number of rotatable bonds is 9. The summed E-state index contributed by atoms with van der Waals surface area (Å²) in [6, 6.07) is 0. The Balaban J connectivity index is 5.46. The molecule has 0 radical (unpaired) electrons. The Kier molecular flexibility index (Phi) is 8.37. The molecule has 0 bridgehead atoms. The van der Waals surface area contributed by atoms with E-state index in [9.17, 15) is 18.0 Å². The third kappa shape index (κ3) is 5.58. The Morgan fingerprint density at radius 3 is 1.68 bits per heavy atom. The maximum absolute atomic E-state index is 13.6. The van der Waals surface area contributed by atoms with E-state index < -0.39 is 36.1 Å². The lowest BCUT2D eigenvalue weighted by Crippen LogP contribution is -2.25. The van der Waals surface area contributed by atoms with Gasteiger partial charge in [0.1, 0.15) is 0 Å². The molecule has 0 aromatic heterocycles. The monoisotopic (exact) mass is 285 g/mol. The summed E-state index contributed by atoms with van der Waals surface area (Å²) in [7, 11) is 2.99. The molecule has 8 heteroatoms. The second kappa shape index (κ2) is 8.89. The van der Waals surface area contributed by atoms with Crippen LogP contribution in [-0.4, -0.2) is 46.3 Å². The highest BCUT2D eigenvalue weighted by molar-refractivity contribution is 5.74. The van der Waals surface area contributed by atoms with Crippen LogP contribution in [0.25, 0.3) is 0 Å². The molecule has 0 aliphatic rings. The van der Waals surface area contributed by atoms with Gasteiger partial charge in [-0.25, -0.2) is 13.2 Å². The first-order valence-electron chi connectivity index (χ1n) is 5.40. The van der Waals surface area contributed by atoms with Gasteiger partial charge in [0.2, 0.25) is 25.0 Å². The van der Waals surface area contributed by atoms with Gasteiger partial charge in [-0.3, -0.25) is 4.79 Å². The van der Waals surface area contributed by atoms with Crippen LogP contribution in [0.1, 0.15) is 12.8 Å². The molecular formula is C11H18F3NO4. The summed E-state index contributed by atoms with van der Waals surface area (Å²) in [6.07, 6.45) is -7.10. The van der Waals surface area contributed by atoms with Gasteiger partial charge in [-0.15, -0.1) is 0 Å². The van der Waals surface area contributed by atoms with Crippen LogP contribution < -0.4 is 5.73 Å². The second-order valence-corrected chi connectivity index (χ2v) is 3.60. The lowest BCUT2D eigenvalue weighted by molar-refractivity contribution is -0.118. The van der Waals surface area contributed by atoms with Crippen molar-refractivity contribution in [1.29, 1.82) is 0 Å². The van der Waals surface area contributed by atoms with E-state index in [1.165, 1.54) is 0 Å². The van der Waals surface area contributed by atoms with Gasteiger partial charge in [0, 0.05) is 33.3 Å². The molecule has 0 saturated carbocycles. The second-order valence-electron chi connectivity index (χ2n) is 3.60. The van der Waals surface area contributed by atoms with Crippen LogP contribution in [-0.2, 0) is 19.0 Å². The summed E-state index contributed by atoms with van der Waals surface area (Å²) in [5, 5.41) is 0. The van der Waals surface area contributed by atoms with E-state index in [-0.39, 0.29) is 12.8 Å². The largest absolute Gasteiger partial charge is 0.370 e. The molecule has 0 aromatic carbocycles. The topological polar surface area (TPSA) is 70.8 Å². The minimum Gasteiger partial charge on any atom is -0.370 e. The molecule has 0 aliphatic heterocycles. The molecule has 0 aliphatic carbocycles. The molecule has 0 aromatic rings. The van der Waals surface area contributed by atoms with Gasteiger partial charge in [-0.1, -0.05) is 0 Å². The van der Waals surface area contributed by atoms with Gasteiger partial charge >= 0.3 is 0 Å². The zero-order valence-electron chi connectivity index (χ0n) is 11.0. The number of alkyl halides is 3. The Labute approximate surface area is 109 Å². The van der Waals surface area contributed by atoms with E-state index in [1.807, 2.05) is 0 Å². The summed E-state index contributed by atoms with van der Waals surface area (Å²) in [5.41, 5.74) is 3.83. The van der Waals surface area contributed by atoms with Crippen LogP contribution in [0.5, 0.6) is 0 Å². The molecule has 3 unspecified atom stereocenters. The van der Waals surface area contributed by atoms with Gasteiger partial charge in [0.15, 0.2) is 0 Å². The van der Waals surface area contributed by atoms with E-state index >= 15 is 0 Å². The van der Waals surface area contributed by atoms with Crippen LogP contribution >= 0.6 is 0 Å². The molecule has 5 nitrogen and oxygen atoms in total. The fraction of sp³-hybridized carbons (Fsp3) is 0.727. The Morgan fingerprint density at radius 2 is 1.37 bits per heavy atom. The van der Waals surface area contributed by atoms with Gasteiger partial charge in [-0.05, 0) is 6.42 Å². The standard InChI is InChI=1S/C11H18F3NO4/c1-17-9(12)6(4-5-7(15)16)8(10(13)18-2)11(14)19-3/h9-11H,4-5H2,1-3H3,(H2,15,16). The number of methoxy groups -OCH3 is 3. The number of hydrogen-bond donors (Lipinski definition) is 1. The number of ether oxygens (including phenoxy) is 3. The summed E-state index contributed by atoms with van der Waals surface area (Å²) in [4.78, 5) is 10.7. The Morgan fingerprint density at radius 1 is 0.947 bits per heavy atom. The maximum Gasteiger partial charge on any atom is 0.226 e. The number of primary amides is 1. The molecule has 19 heavy (non-hydrogen) atoms. The van der Waals surface area contributed by atoms with Crippen molar-refractivity contribution in [2.75, 3.05) is 21.3 Å². The normalized spacial score (nSPS) is 15.7. The third-order valence-electron chi connectivity index (χ3n) is 2.40. The maximum atomic E-state index is 13.6. The van der Waals surface area contributed by atoms with Gasteiger partial charge in [0.25, 0.3) is 0 Å². The minimum atomic E-state index is -2.22. The van der Waals surface area contributed by atoms with Gasteiger partial charge in [0.05, 0.1) is 5.57 Å². The van der Waals surface area contributed by atoms with Crippen molar-refractivity contribution in [3.8, 4) is 0 Å². The van der Waals surface area contributed by atoms with E-state index in [1.54, 1.807) is 0 Å². The van der Waals surface area contributed by atoms with Gasteiger partial charge in [-0.2, -0.15) is 0 Å². The van der Waals surface area contributed by atoms with E-state index in [2.05, 4.69) is 14.2 Å². The Bertz CT molecular complexity index is 313. The highest BCUT2D eigenvalue weighted by atomic mass is 19.2. The van der Waals surface area contributed by atoms with E-state index in [0.717, 1.165) is 21.3 Å². The van der Waals surface area contributed by atoms with Crippen molar-refractivity contribution in [2.45, 2.75) is 31.9 Å². The molecule has 2 N–H and O–H groups in total. The van der Waals surface area contributed by atoms with Crippen LogP contribution in [0.3, 0.4) is 0 Å². The molecule has 0 rings (SSSR count). The van der Waals surface area contributed by atoms with Crippen LogP contribution in [0.15, 0.2) is 11.1 Å². The number of halogens is 3. The predicted molar refractivity (Wildman–Crippen MR) is 61.2 cm³/mol. The van der Waals surface area contributed by atoms with E-state index in [4.69, 9.17) is 5.73 Å². The minimum absolute atomic E-state index is 0.282. The fourth-order valence-electron chi connectivity index (χ4n) is 1.44. The van der Waals surface area contributed by atoms with Crippen molar-refractivity contribution in [3.63, 3.8) is 0 Å². The number of amides is 1. The summed E-state index contributed by atoms with van der Waals surface area (Å²) < 4.78 is 53.8. The lowest BCUT2D eigenvalue weighted by Gasteiger charge is -2.21. The highest BCUT2D eigenvalue weighted by Crippen LogP contribution is 2.27. The average molecular weight is 285 g/mol. The molecule has 112 valence electrons. The zero-order chi connectivity index (χ0) is 15.0. The fourth-order valence-corrected chi connectivity index (χ4v) is 1.44. The number of carbonyl (C=O) groups excluding carboxylic acids is 1. The molecule has 0 fully saturated rings. The van der Waals surface area contributed by atoms with Crippen molar-refractivity contribution in [1.82, 2.24) is 0 Å². The molecule has 0 heterocycles. The molecule has 1 amide bonds. The SMILES string of the molecule is COC(F)C(CCC(N)=O)=C(C(F)OC)C(F)OC. The third-order valence-corrected chi connectivity index (χ3v) is 2.40. The van der Waals surface area contributed by atoms with Crippen molar-refractivity contribution in [3.05, 3.63) is 11.1 Å². The average Bonchev–Trinajstić information content (AvgIpc) is 2.40. The van der Waals surface area contributed by atoms with E-state index in [0.29, 0.717) is 0 Å². The van der Waals surface area contributed by atoms with Crippen LogP contribution in [0.4, 0.5) is 13.2 Å². The Hall–Kier alpha value is -1.12. The molecule has 0 saturated heterocycles. The lowest BCUT2D eigenvalue weighted by atomic mass is 10.0. The molecular weight excluding hydrogens is 267 g/mol. The van der Waals surface area contributed by atoms with Gasteiger partial charge < -0.3 is 19.9 Å². The predicted octanol–water partition coefficient (Wildman–Crippen LogP) is 1.37. The first kappa shape index (κ1) is 17.9. The molecule has 3 atom stereocenters. The van der Waals surface area contributed by atoms with Crippen LogP contribution in [0, 0.1) is 0 Å². The highest BCUT2D eigenvalue weighted by Gasteiger charge is 2.30.